The zero-order valence-corrected chi connectivity index (χ0v) is 9.04. The van der Waals surface area contributed by atoms with E-state index in [1.54, 1.807) is 6.07 Å². The molecule has 1 aromatic carbocycles. The zero-order valence-electron chi connectivity index (χ0n) is 9.04. The molecule has 4 nitrogen and oxygen atoms in total. The van der Waals surface area contributed by atoms with Gasteiger partial charge in [-0.05, 0) is 32.0 Å². The SMILES string of the molecule is CC(C)(N)C(=O)Nc1ccc(F)cc1C#N. The molecule has 0 saturated heterocycles. The Bertz CT molecular complexity index is 457. The molecule has 0 heterocycles. The molecule has 0 aliphatic heterocycles. The number of halogens is 1. The van der Waals surface area contributed by atoms with Crippen molar-refractivity contribution in [3.05, 3.63) is 29.6 Å². The zero-order chi connectivity index (χ0) is 12.3. The molecule has 1 rings (SSSR count). The Hall–Kier alpha value is -1.93. The molecule has 0 spiro atoms. The van der Waals surface area contributed by atoms with E-state index in [1.807, 2.05) is 0 Å². The molecular formula is C11H12FN3O. The third-order valence-electron chi connectivity index (χ3n) is 1.94. The highest BCUT2D eigenvalue weighted by Crippen LogP contribution is 2.17. The van der Waals surface area contributed by atoms with Gasteiger partial charge < -0.3 is 11.1 Å². The van der Waals surface area contributed by atoms with Gasteiger partial charge in [0, 0.05) is 0 Å². The van der Waals surface area contributed by atoms with Crippen LogP contribution in [0.4, 0.5) is 10.1 Å². The Morgan fingerprint density at radius 1 is 1.56 bits per heavy atom. The predicted octanol–water partition coefficient (Wildman–Crippen LogP) is 1.37. The number of nitriles is 1. The van der Waals surface area contributed by atoms with Crippen LogP contribution in [0, 0.1) is 17.1 Å². The molecule has 1 amide bonds. The van der Waals surface area contributed by atoms with E-state index in [4.69, 9.17) is 11.0 Å². The molecule has 0 fully saturated rings. The van der Waals surface area contributed by atoms with Gasteiger partial charge in [0.25, 0.3) is 0 Å². The molecule has 0 aliphatic rings. The molecule has 0 atom stereocenters. The molecule has 84 valence electrons. The van der Waals surface area contributed by atoms with Gasteiger partial charge in [-0.2, -0.15) is 5.26 Å². The second kappa shape index (κ2) is 4.29. The Morgan fingerprint density at radius 3 is 2.69 bits per heavy atom. The summed E-state index contributed by atoms with van der Waals surface area (Å²) in [7, 11) is 0. The molecular weight excluding hydrogens is 209 g/mol. The lowest BCUT2D eigenvalue weighted by molar-refractivity contribution is -0.120. The van der Waals surface area contributed by atoms with E-state index in [0.717, 1.165) is 6.07 Å². The van der Waals surface area contributed by atoms with Crippen LogP contribution in [-0.4, -0.2) is 11.4 Å². The summed E-state index contributed by atoms with van der Waals surface area (Å²) in [5, 5.41) is 11.2. The quantitative estimate of drug-likeness (QED) is 0.791. The first kappa shape index (κ1) is 12.1. The lowest BCUT2D eigenvalue weighted by atomic mass is 10.1. The number of carbonyl (C=O) groups excluding carboxylic acids is 1. The van der Waals surface area contributed by atoms with E-state index in [1.165, 1.54) is 26.0 Å². The average molecular weight is 221 g/mol. The van der Waals surface area contributed by atoms with Crippen LogP contribution in [-0.2, 0) is 4.79 Å². The number of amides is 1. The van der Waals surface area contributed by atoms with Gasteiger partial charge in [-0.15, -0.1) is 0 Å². The summed E-state index contributed by atoms with van der Waals surface area (Å²) in [5.41, 5.74) is 4.85. The van der Waals surface area contributed by atoms with E-state index >= 15 is 0 Å². The minimum Gasteiger partial charge on any atom is -0.323 e. The van der Waals surface area contributed by atoms with Crippen molar-refractivity contribution in [2.45, 2.75) is 19.4 Å². The number of nitrogens with zero attached hydrogens (tertiary/aromatic N) is 1. The first-order valence-electron chi connectivity index (χ1n) is 4.64. The van der Waals surface area contributed by atoms with Crippen molar-refractivity contribution in [2.24, 2.45) is 5.73 Å². The van der Waals surface area contributed by atoms with Crippen LogP contribution in [0.5, 0.6) is 0 Å². The number of rotatable bonds is 2. The van der Waals surface area contributed by atoms with Crippen LogP contribution >= 0.6 is 0 Å². The van der Waals surface area contributed by atoms with E-state index in [0.29, 0.717) is 0 Å². The number of anilines is 1. The minimum absolute atomic E-state index is 0.0672. The fourth-order valence-corrected chi connectivity index (χ4v) is 1.00. The summed E-state index contributed by atoms with van der Waals surface area (Å²) in [6.07, 6.45) is 0. The van der Waals surface area contributed by atoms with Crippen molar-refractivity contribution in [2.75, 3.05) is 5.32 Å². The van der Waals surface area contributed by atoms with Crippen LogP contribution in [0.15, 0.2) is 18.2 Å². The lowest BCUT2D eigenvalue weighted by Crippen LogP contribution is -2.45. The van der Waals surface area contributed by atoms with Gasteiger partial charge in [0.15, 0.2) is 0 Å². The number of hydrogen-bond acceptors (Lipinski definition) is 3. The summed E-state index contributed by atoms with van der Waals surface area (Å²) in [6.45, 7) is 3.08. The number of nitrogens with one attached hydrogen (secondary N) is 1. The maximum atomic E-state index is 12.8. The summed E-state index contributed by atoms with van der Waals surface area (Å²) in [4.78, 5) is 11.5. The third kappa shape index (κ3) is 2.78. The van der Waals surface area contributed by atoms with Gasteiger partial charge in [-0.25, -0.2) is 4.39 Å². The van der Waals surface area contributed by atoms with Crippen LogP contribution in [0.2, 0.25) is 0 Å². The fourth-order valence-electron chi connectivity index (χ4n) is 1.00. The second-order valence-electron chi connectivity index (χ2n) is 3.98. The molecule has 5 heteroatoms. The minimum atomic E-state index is -1.05. The van der Waals surface area contributed by atoms with Gasteiger partial charge in [-0.3, -0.25) is 4.79 Å². The van der Waals surface area contributed by atoms with Crippen molar-refractivity contribution >= 4 is 11.6 Å². The summed E-state index contributed by atoms with van der Waals surface area (Å²) in [6, 6.07) is 5.35. The van der Waals surface area contributed by atoms with Crippen LogP contribution in [0.25, 0.3) is 0 Å². The normalized spacial score (nSPS) is 10.7. The molecule has 0 aliphatic carbocycles. The average Bonchev–Trinajstić information content (AvgIpc) is 2.19. The van der Waals surface area contributed by atoms with Crippen molar-refractivity contribution < 1.29 is 9.18 Å². The van der Waals surface area contributed by atoms with Gasteiger partial charge in [-0.1, -0.05) is 0 Å². The number of hydrogen-bond donors (Lipinski definition) is 2. The van der Waals surface area contributed by atoms with Gasteiger partial charge >= 0.3 is 0 Å². The molecule has 0 unspecified atom stereocenters. The van der Waals surface area contributed by atoms with E-state index in [9.17, 15) is 9.18 Å². The Morgan fingerprint density at radius 2 is 2.19 bits per heavy atom. The number of nitrogens with two attached hydrogens (primary N) is 1. The van der Waals surface area contributed by atoms with Gasteiger partial charge in [0.2, 0.25) is 5.91 Å². The highest BCUT2D eigenvalue weighted by Gasteiger charge is 2.22. The van der Waals surface area contributed by atoms with E-state index in [2.05, 4.69) is 5.32 Å². The maximum Gasteiger partial charge on any atom is 0.243 e. The van der Waals surface area contributed by atoms with Crippen molar-refractivity contribution in [3.63, 3.8) is 0 Å². The van der Waals surface area contributed by atoms with Gasteiger partial charge in [0.1, 0.15) is 11.9 Å². The molecule has 16 heavy (non-hydrogen) atoms. The second-order valence-corrected chi connectivity index (χ2v) is 3.98. The standard InChI is InChI=1S/C11H12FN3O/c1-11(2,14)10(16)15-9-4-3-8(12)5-7(9)6-13/h3-5H,14H2,1-2H3,(H,15,16). The van der Waals surface area contributed by atoms with Crippen molar-refractivity contribution in [3.8, 4) is 6.07 Å². The summed E-state index contributed by atoms with van der Waals surface area (Å²) < 4.78 is 12.8. The fraction of sp³-hybridized carbons (Fsp3) is 0.273. The first-order chi connectivity index (χ1) is 7.34. The predicted molar refractivity (Wildman–Crippen MR) is 58.0 cm³/mol. The van der Waals surface area contributed by atoms with E-state index < -0.39 is 17.3 Å². The first-order valence-corrected chi connectivity index (χ1v) is 4.64. The van der Waals surface area contributed by atoms with E-state index in [-0.39, 0.29) is 11.3 Å². The number of benzene rings is 1. The summed E-state index contributed by atoms with van der Waals surface area (Å²) >= 11 is 0. The molecule has 0 bridgehead atoms. The Balaban J connectivity index is 2.99. The smallest absolute Gasteiger partial charge is 0.243 e. The molecule has 3 N–H and O–H groups in total. The van der Waals surface area contributed by atoms with Crippen LogP contribution in [0.1, 0.15) is 19.4 Å². The lowest BCUT2D eigenvalue weighted by Gasteiger charge is -2.18. The Labute approximate surface area is 92.9 Å². The third-order valence-corrected chi connectivity index (χ3v) is 1.94. The largest absolute Gasteiger partial charge is 0.323 e. The monoisotopic (exact) mass is 221 g/mol. The maximum absolute atomic E-state index is 12.8. The highest BCUT2D eigenvalue weighted by molar-refractivity contribution is 5.98. The Kier molecular flexibility index (Phi) is 3.25. The van der Waals surface area contributed by atoms with Crippen LogP contribution in [0.3, 0.4) is 0 Å². The molecule has 0 aromatic heterocycles. The number of carbonyl (C=O) groups is 1. The topological polar surface area (TPSA) is 78.9 Å². The van der Waals surface area contributed by atoms with Crippen molar-refractivity contribution in [1.82, 2.24) is 0 Å². The molecule has 0 radical (unpaired) electrons. The summed E-state index contributed by atoms with van der Waals surface area (Å²) in [5.74, 6) is -0.961. The van der Waals surface area contributed by atoms with Crippen LogP contribution < -0.4 is 11.1 Å². The van der Waals surface area contributed by atoms with Gasteiger partial charge in [0.05, 0.1) is 16.8 Å². The molecule has 0 saturated carbocycles. The van der Waals surface area contributed by atoms with Crippen molar-refractivity contribution in [1.29, 1.82) is 5.26 Å². The molecule has 1 aromatic rings. The highest BCUT2D eigenvalue weighted by atomic mass is 19.1.